The van der Waals surface area contributed by atoms with Crippen molar-refractivity contribution in [2.24, 2.45) is 5.73 Å². The van der Waals surface area contributed by atoms with Crippen LogP contribution in [0.4, 0.5) is 0 Å². The molecule has 0 rings (SSSR count). The molecular weight excluding hydrogens is 112 g/mol. The van der Waals surface area contributed by atoms with Gasteiger partial charge in [-0.25, -0.2) is 0 Å². The highest BCUT2D eigenvalue weighted by Crippen LogP contribution is 1.97. The maximum Gasteiger partial charge on any atom is 0.0960 e. The Labute approximate surface area is 56.0 Å². The van der Waals surface area contributed by atoms with E-state index in [2.05, 4.69) is 0 Å². The summed E-state index contributed by atoms with van der Waals surface area (Å²) < 4.78 is 0. The normalized spacial score (nSPS) is 14.7. The van der Waals surface area contributed by atoms with Crippen LogP contribution in [0.25, 0.3) is 0 Å². The first kappa shape index (κ1) is 8.19. The van der Waals surface area contributed by atoms with E-state index in [0.29, 0.717) is 5.57 Å². The number of nitrogens with zero attached hydrogens (tertiary/aromatic N) is 1. The molecule has 0 saturated carbocycles. The molecule has 0 spiro atoms. The number of nitrogens with two attached hydrogens (primary N) is 1. The summed E-state index contributed by atoms with van der Waals surface area (Å²) in [6, 6.07) is 1.92. The topological polar surface area (TPSA) is 49.8 Å². The van der Waals surface area contributed by atoms with Crippen LogP contribution in [-0.2, 0) is 0 Å². The average Bonchev–Trinajstić information content (AvgIpc) is 1.82. The Morgan fingerprint density at radius 2 is 2.44 bits per heavy atom. The van der Waals surface area contributed by atoms with Gasteiger partial charge in [0.25, 0.3) is 0 Å². The van der Waals surface area contributed by atoms with Gasteiger partial charge in [-0.2, -0.15) is 5.26 Å². The quantitative estimate of drug-likeness (QED) is 0.562. The summed E-state index contributed by atoms with van der Waals surface area (Å²) in [5, 5.41) is 8.43. The predicted octanol–water partition coefficient (Wildman–Crippen LogP) is 1.19. The van der Waals surface area contributed by atoms with Crippen molar-refractivity contribution in [1.82, 2.24) is 0 Å². The average molecular weight is 124 g/mol. The monoisotopic (exact) mass is 124 g/mol. The minimum Gasteiger partial charge on any atom is -0.324 e. The number of rotatable bonds is 2. The van der Waals surface area contributed by atoms with Crippen LogP contribution >= 0.6 is 0 Å². The van der Waals surface area contributed by atoms with Gasteiger partial charge < -0.3 is 5.73 Å². The Balaban J connectivity index is 4.02. The second-order valence-corrected chi connectivity index (χ2v) is 1.97. The van der Waals surface area contributed by atoms with E-state index in [9.17, 15) is 0 Å². The number of allylic oxidation sites excluding steroid dienone is 1. The molecule has 0 aromatic carbocycles. The second kappa shape index (κ2) is 4.11. The van der Waals surface area contributed by atoms with Crippen molar-refractivity contribution in [1.29, 1.82) is 5.26 Å². The molecule has 50 valence electrons. The summed E-state index contributed by atoms with van der Waals surface area (Å²) in [4.78, 5) is 0. The highest BCUT2D eigenvalue weighted by atomic mass is 14.6. The van der Waals surface area contributed by atoms with Gasteiger partial charge >= 0.3 is 0 Å². The van der Waals surface area contributed by atoms with Gasteiger partial charge in [0.1, 0.15) is 0 Å². The molecule has 0 fully saturated rings. The summed E-state index contributed by atoms with van der Waals surface area (Å²) in [6.07, 6.45) is 2.73. The van der Waals surface area contributed by atoms with Crippen LogP contribution in [0.3, 0.4) is 0 Å². The highest BCUT2D eigenvalue weighted by Gasteiger charge is 1.98. The summed E-state index contributed by atoms with van der Waals surface area (Å²) >= 11 is 0. The van der Waals surface area contributed by atoms with Crippen molar-refractivity contribution in [3.05, 3.63) is 11.6 Å². The second-order valence-electron chi connectivity index (χ2n) is 1.97. The van der Waals surface area contributed by atoms with E-state index in [0.717, 1.165) is 6.42 Å². The molecule has 0 amide bonds. The summed E-state index contributed by atoms with van der Waals surface area (Å²) in [7, 11) is 0. The molecule has 1 atom stereocenters. The summed E-state index contributed by atoms with van der Waals surface area (Å²) in [6.45, 7) is 3.80. The van der Waals surface area contributed by atoms with E-state index in [1.807, 2.05) is 26.0 Å². The largest absolute Gasteiger partial charge is 0.324 e. The molecule has 2 heteroatoms. The van der Waals surface area contributed by atoms with Crippen LogP contribution in [0.1, 0.15) is 20.3 Å². The maximum absolute atomic E-state index is 8.43. The zero-order valence-corrected chi connectivity index (χ0v) is 5.89. The molecule has 1 unspecified atom stereocenters. The molecule has 2 nitrogen and oxygen atoms in total. The first-order valence-electron chi connectivity index (χ1n) is 3.08. The van der Waals surface area contributed by atoms with Gasteiger partial charge in [-0.05, 0) is 13.3 Å². The Morgan fingerprint density at radius 1 is 1.89 bits per heavy atom. The van der Waals surface area contributed by atoms with Gasteiger partial charge in [-0.15, -0.1) is 0 Å². The van der Waals surface area contributed by atoms with Gasteiger partial charge in [0.2, 0.25) is 0 Å². The SMILES string of the molecule is CC/C=C(/C#N)C(C)N. The van der Waals surface area contributed by atoms with E-state index in [-0.39, 0.29) is 6.04 Å². The minimum absolute atomic E-state index is 0.116. The van der Waals surface area contributed by atoms with Crippen LogP contribution < -0.4 is 5.73 Å². The lowest BCUT2D eigenvalue weighted by molar-refractivity contribution is 0.880. The smallest absolute Gasteiger partial charge is 0.0960 e. The molecular formula is C7H12N2. The lowest BCUT2D eigenvalue weighted by Crippen LogP contribution is -2.16. The van der Waals surface area contributed by atoms with E-state index < -0.39 is 0 Å². The minimum atomic E-state index is -0.116. The number of nitriles is 1. The molecule has 0 aliphatic carbocycles. The van der Waals surface area contributed by atoms with Crippen molar-refractivity contribution >= 4 is 0 Å². The van der Waals surface area contributed by atoms with E-state index >= 15 is 0 Å². The van der Waals surface area contributed by atoms with Crippen LogP contribution in [0, 0.1) is 11.3 Å². The van der Waals surface area contributed by atoms with Crippen molar-refractivity contribution in [3.63, 3.8) is 0 Å². The number of hydrogen-bond donors (Lipinski definition) is 1. The molecule has 0 aromatic heterocycles. The van der Waals surface area contributed by atoms with Gasteiger partial charge in [-0.3, -0.25) is 0 Å². The van der Waals surface area contributed by atoms with E-state index in [1.54, 1.807) is 0 Å². The first-order chi connectivity index (χ1) is 4.22. The molecule has 9 heavy (non-hydrogen) atoms. The van der Waals surface area contributed by atoms with Crippen molar-refractivity contribution in [2.45, 2.75) is 26.3 Å². The molecule has 0 heterocycles. The van der Waals surface area contributed by atoms with Crippen LogP contribution in [-0.4, -0.2) is 6.04 Å². The Bertz CT molecular complexity index is 139. The lowest BCUT2D eigenvalue weighted by atomic mass is 10.1. The first-order valence-corrected chi connectivity index (χ1v) is 3.08. The number of hydrogen-bond acceptors (Lipinski definition) is 2. The van der Waals surface area contributed by atoms with Crippen molar-refractivity contribution in [2.75, 3.05) is 0 Å². The van der Waals surface area contributed by atoms with E-state index in [1.165, 1.54) is 0 Å². The fourth-order valence-corrected chi connectivity index (χ4v) is 0.553. The molecule has 0 radical (unpaired) electrons. The zero-order chi connectivity index (χ0) is 7.28. The summed E-state index contributed by atoms with van der Waals surface area (Å²) in [5.74, 6) is 0. The van der Waals surface area contributed by atoms with Crippen LogP contribution in [0.15, 0.2) is 11.6 Å². The molecule has 2 N–H and O–H groups in total. The third kappa shape index (κ3) is 2.89. The van der Waals surface area contributed by atoms with Gasteiger partial charge in [0.15, 0.2) is 0 Å². The molecule has 0 bridgehead atoms. The van der Waals surface area contributed by atoms with Crippen molar-refractivity contribution < 1.29 is 0 Å². The van der Waals surface area contributed by atoms with Gasteiger partial charge in [-0.1, -0.05) is 13.0 Å². The van der Waals surface area contributed by atoms with Gasteiger partial charge in [0, 0.05) is 11.6 Å². The Kier molecular flexibility index (Phi) is 3.74. The predicted molar refractivity (Wildman–Crippen MR) is 37.6 cm³/mol. The third-order valence-electron chi connectivity index (χ3n) is 1.04. The fourth-order valence-electron chi connectivity index (χ4n) is 0.553. The molecule has 0 aliphatic rings. The summed E-state index contributed by atoms with van der Waals surface area (Å²) in [5.41, 5.74) is 6.12. The zero-order valence-electron chi connectivity index (χ0n) is 5.89. The van der Waals surface area contributed by atoms with Gasteiger partial charge in [0.05, 0.1) is 6.07 Å². The maximum atomic E-state index is 8.43. The van der Waals surface area contributed by atoms with Crippen LogP contribution in [0.2, 0.25) is 0 Å². The molecule has 0 aliphatic heterocycles. The van der Waals surface area contributed by atoms with E-state index in [4.69, 9.17) is 11.0 Å². The lowest BCUT2D eigenvalue weighted by Gasteiger charge is -1.99. The van der Waals surface area contributed by atoms with Crippen LogP contribution in [0.5, 0.6) is 0 Å². The standard InChI is InChI=1S/C7H12N2/c1-3-4-7(5-8)6(2)9/h4,6H,3,9H2,1-2H3/b7-4-. The Morgan fingerprint density at radius 3 is 2.56 bits per heavy atom. The molecule has 0 saturated heterocycles. The fraction of sp³-hybridized carbons (Fsp3) is 0.571. The Hall–Kier alpha value is -0.810. The highest BCUT2D eigenvalue weighted by molar-refractivity contribution is 5.24. The van der Waals surface area contributed by atoms with Crippen molar-refractivity contribution in [3.8, 4) is 6.07 Å². The molecule has 0 aromatic rings. The third-order valence-corrected chi connectivity index (χ3v) is 1.04.